The van der Waals surface area contributed by atoms with Crippen LogP contribution in [-0.2, 0) is 19.8 Å². The molecule has 1 aliphatic rings. The van der Waals surface area contributed by atoms with E-state index in [1.807, 2.05) is 12.1 Å². The minimum atomic E-state index is -4.46. The van der Waals surface area contributed by atoms with Gasteiger partial charge in [-0.05, 0) is 48.0 Å². The maximum Gasteiger partial charge on any atom is 0.422 e. The van der Waals surface area contributed by atoms with Crippen molar-refractivity contribution < 1.29 is 45.1 Å². The molecule has 17 heteroatoms. The Labute approximate surface area is 297 Å². The first-order chi connectivity index (χ1) is 25.3. The van der Waals surface area contributed by atoms with E-state index in [9.17, 15) is 31.1 Å². The van der Waals surface area contributed by atoms with Crippen LogP contribution in [0.1, 0.15) is 21.6 Å². The van der Waals surface area contributed by atoms with Crippen molar-refractivity contribution in [1.29, 1.82) is 0 Å². The van der Waals surface area contributed by atoms with Gasteiger partial charge in [-0.25, -0.2) is 9.97 Å². The smallest absolute Gasteiger partial charge is 0.422 e. The largest absolute Gasteiger partial charge is 0.484 e. The second-order valence-electron chi connectivity index (χ2n) is 12.3. The van der Waals surface area contributed by atoms with E-state index >= 15 is 0 Å². The van der Waals surface area contributed by atoms with Gasteiger partial charge in [0.15, 0.2) is 6.61 Å². The highest BCUT2D eigenvalue weighted by atomic mass is 19.4. The van der Waals surface area contributed by atoms with Crippen molar-refractivity contribution in [2.24, 2.45) is 7.05 Å². The van der Waals surface area contributed by atoms with Gasteiger partial charge in [0.25, 0.3) is 11.8 Å². The average molecular weight is 738 g/mol. The Morgan fingerprint density at radius 3 is 2.23 bits per heavy atom. The molecule has 0 N–H and O–H groups in total. The summed E-state index contributed by atoms with van der Waals surface area (Å²) in [6, 6.07) is 18.1. The van der Waals surface area contributed by atoms with Crippen LogP contribution in [0.5, 0.6) is 17.4 Å². The Hall–Kier alpha value is -5.97. The van der Waals surface area contributed by atoms with Gasteiger partial charge in [-0.3, -0.25) is 9.69 Å². The van der Waals surface area contributed by atoms with E-state index in [4.69, 9.17) is 14.0 Å². The van der Waals surface area contributed by atoms with E-state index < -0.39 is 24.5 Å². The fourth-order valence-corrected chi connectivity index (χ4v) is 5.82. The van der Waals surface area contributed by atoms with E-state index in [0.29, 0.717) is 49.7 Å². The van der Waals surface area contributed by atoms with E-state index in [0.717, 1.165) is 28.6 Å². The molecule has 1 amide bonds. The van der Waals surface area contributed by atoms with Gasteiger partial charge in [0.05, 0.1) is 23.5 Å². The van der Waals surface area contributed by atoms with Gasteiger partial charge in [-0.2, -0.15) is 31.3 Å². The van der Waals surface area contributed by atoms with Crippen molar-refractivity contribution >= 4 is 16.8 Å². The molecule has 1 saturated heterocycles. The molecule has 0 saturated carbocycles. The van der Waals surface area contributed by atoms with Crippen LogP contribution in [0.15, 0.2) is 89.7 Å². The average Bonchev–Trinajstić information content (AvgIpc) is 3.76. The molecule has 4 heterocycles. The van der Waals surface area contributed by atoms with Gasteiger partial charge in [0.1, 0.15) is 22.9 Å². The lowest BCUT2D eigenvalue weighted by Gasteiger charge is -2.34. The lowest BCUT2D eigenvalue weighted by atomic mass is 10.1. The van der Waals surface area contributed by atoms with Crippen molar-refractivity contribution in [3.05, 3.63) is 102 Å². The van der Waals surface area contributed by atoms with Crippen LogP contribution in [0.3, 0.4) is 0 Å². The maximum absolute atomic E-state index is 13.6. The standard InChI is InChI=1S/C36H29F6N7O4/c1-47-29-17-27(52-31-19-43-28(18-44-31)33-45-32(46-53-33)23-4-7-25(8-5-23)36(40,41)42)11-6-24(29)16-30(47)34(50)49-14-12-48(13-15-49)20-22-2-9-26(10-3-22)51-21-35(37,38)39/h2-11,16-19H,12-15,20-21H2,1H3. The molecule has 6 aromatic rings. The third-order valence-electron chi connectivity index (χ3n) is 8.59. The highest BCUT2D eigenvalue weighted by Gasteiger charge is 2.31. The zero-order valence-corrected chi connectivity index (χ0v) is 27.9. The minimum absolute atomic E-state index is 0.0222. The molecular weight excluding hydrogens is 708 g/mol. The Kier molecular flexibility index (Phi) is 9.50. The van der Waals surface area contributed by atoms with E-state index in [-0.39, 0.29) is 34.9 Å². The highest BCUT2D eigenvalue weighted by Crippen LogP contribution is 2.32. The summed E-state index contributed by atoms with van der Waals surface area (Å²) in [6.07, 6.45) is -6.13. The number of nitrogens with zero attached hydrogens (tertiary/aromatic N) is 7. The molecule has 0 atom stereocenters. The van der Waals surface area contributed by atoms with Crippen molar-refractivity contribution in [1.82, 2.24) is 34.5 Å². The molecule has 3 aromatic heterocycles. The Morgan fingerprint density at radius 1 is 0.849 bits per heavy atom. The molecular formula is C36H29F6N7O4. The van der Waals surface area contributed by atoms with Crippen molar-refractivity contribution in [2.75, 3.05) is 32.8 Å². The van der Waals surface area contributed by atoms with Gasteiger partial charge in [-0.1, -0.05) is 29.4 Å². The van der Waals surface area contributed by atoms with Crippen molar-refractivity contribution in [3.63, 3.8) is 0 Å². The summed E-state index contributed by atoms with van der Waals surface area (Å²) in [6.45, 7) is 1.54. The molecule has 1 aliphatic heterocycles. The molecule has 3 aromatic carbocycles. The second-order valence-corrected chi connectivity index (χ2v) is 12.3. The quantitative estimate of drug-likeness (QED) is 0.140. The molecule has 0 unspecified atom stereocenters. The van der Waals surface area contributed by atoms with Crippen LogP contribution in [0.2, 0.25) is 0 Å². The molecule has 7 rings (SSSR count). The number of aromatic nitrogens is 5. The fraction of sp³-hybridized carbons (Fsp3) is 0.250. The molecule has 0 radical (unpaired) electrons. The van der Waals surface area contributed by atoms with Crippen LogP contribution < -0.4 is 9.47 Å². The summed E-state index contributed by atoms with van der Waals surface area (Å²) in [7, 11) is 1.80. The lowest BCUT2D eigenvalue weighted by Crippen LogP contribution is -2.48. The number of halogens is 6. The number of rotatable bonds is 9. The summed E-state index contributed by atoms with van der Waals surface area (Å²) in [5.41, 5.74) is 1.99. The van der Waals surface area contributed by atoms with E-state index in [1.165, 1.54) is 36.7 Å². The molecule has 274 valence electrons. The molecule has 0 spiro atoms. The summed E-state index contributed by atoms with van der Waals surface area (Å²) >= 11 is 0. The summed E-state index contributed by atoms with van der Waals surface area (Å²) in [5, 5.41) is 4.67. The monoisotopic (exact) mass is 737 g/mol. The third-order valence-corrected chi connectivity index (χ3v) is 8.59. The van der Waals surface area contributed by atoms with Crippen LogP contribution in [-0.4, -0.2) is 79.3 Å². The maximum atomic E-state index is 13.6. The number of fused-ring (bicyclic) bond motifs is 1. The first-order valence-corrected chi connectivity index (χ1v) is 16.2. The first kappa shape index (κ1) is 35.4. The predicted octanol–water partition coefficient (Wildman–Crippen LogP) is 7.40. The SMILES string of the molecule is Cn1c(C(=O)N2CCN(Cc3ccc(OCC(F)(F)F)cc3)CC2)cc2ccc(Oc3cnc(-c4nc(-c5ccc(C(F)(F)F)cc5)no4)cn3)cc21. The van der Waals surface area contributed by atoms with E-state index in [2.05, 4.69) is 25.0 Å². The normalized spacial score (nSPS) is 14.1. The zero-order valence-electron chi connectivity index (χ0n) is 27.9. The molecule has 0 aliphatic carbocycles. The van der Waals surface area contributed by atoms with Crippen LogP contribution in [0, 0.1) is 0 Å². The highest BCUT2D eigenvalue weighted by molar-refractivity contribution is 5.99. The van der Waals surface area contributed by atoms with Crippen LogP contribution >= 0.6 is 0 Å². The van der Waals surface area contributed by atoms with Crippen molar-refractivity contribution in [3.8, 4) is 40.4 Å². The number of ether oxygens (including phenoxy) is 2. The predicted molar refractivity (Wildman–Crippen MR) is 178 cm³/mol. The number of amides is 1. The van der Waals surface area contributed by atoms with Crippen LogP contribution in [0.4, 0.5) is 26.3 Å². The number of alkyl halides is 6. The van der Waals surface area contributed by atoms with E-state index in [1.54, 1.807) is 40.8 Å². The molecule has 1 fully saturated rings. The number of carbonyl (C=O) groups excluding carboxylic acids is 1. The van der Waals surface area contributed by atoms with Gasteiger partial charge in [0.2, 0.25) is 11.7 Å². The molecule has 11 nitrogen and oxygen atoms in total. The van der Waals surface area contributed by atoms with Crippen molar-refractivity contribution in [2.45, 2.75) is 18.9 Å². The molecule has 0 bridgehead atoms. The van der Waals surface area contributed by atoms with Crippen LogP contribution in [0.25, 0.3) is 33.9 Å². The third kappa shape index (κ3) is 8.25. The topological polar surface area (TPSA) is 112 Å². The Bertz CT molecular complexity index is 2210. The number of carbonyl (C=O) groups is 1. The number of piperazine rings is 1. The van der Waals surface area contributed by atoms with Gasteiger partial charge < -0.3 is 23.5 Å². The Morgan fingerprint density at radius 2 is 1.57 bits per heavy atom. The lowest BCUT2D eigenvalue weighted by molar-refractivity contribution is -0.153. The Balaban J connectivity index is 0.945. The number of hydrogen-bond donors (Lipinski definition) is 0. The first-order valence-electron chi connectivity index (χ1n) is 16.2. The number of hydrogen-bond acceptors (Lipinski definition) is 9. The van der Waals surface area contributed by atoms with Gasteiger partial charge >= 0.3 is 12.4 Å². The minimum Gasteiger partial charge on any atom is -0.484 e. The summed E-state index contributed by atoms with van der Waals surface area (Å²) in [4.78, 5) is 30.3. The van der Waals surface area contributed by atoms with Gasteiger partial charge in [0, 0.05) is 56.8 Å². The summed E-state index contributed by atoms with van der Waals surface area (Å²) < 4.78 is 93.6. The van der Waals surface area contributed by atoms with Gasteiger partial charge in [-0.15, -0.1) is 0 Å². The number of benzene rings is 3. The summed E-state index contributed by atoms with van der Waals surface area (Å²) in [5.74, 6) is 0.782. The molecule has 53 heavy (non-hydrogen) atoms. The fourth-order valence-electron chi connectivity index (χ4n) is 5.82. The zero-order chi connectivity index (χ0) is 37.3. The number of aryl methyl sites for hydroxylation is 1. The second kappa shape index (κ2) is 14.2.